The van der Waals surface area contributed by atoms with E-state index in [0.29, 0.717) is 12.5 Å². The van der Waals surface area contributed by atoms with Crippen molar-refractivity contribution in [1.29, 1.82) is 5.26 Å². The number of nitrogens with one attached hydrogen (secondary N) is 1. The fourth-order valence-corrected chi connectivity index (χ4v) is 1.87. The predicted molar refractivity (Wildman–Crippen MR) is 66.7 cm³/mol. The molecule has 1 saturated heterocycles. The zero-order chi connectivity index (χ0) is 12.6. The van der Waals surface area contributed by atoms with E-state index in [9.17, 15) is 0 Å². The normalized spacial score (nSPS) is 20.8. The van der Waals surface area contributed by atoms with Crippen LogP contribution in [0.1, 0.15) is 33.1 Å². The molecule has 0 aliphatic carbocycles. The van der Waals surface area contributed by atoms with Gasteiger partial charge in [0.25, 0.3) is 0 Å². The Morgan fingerprint density at radius 2 is 2.18 bits per heavy atom. The lowest BCUT2D eigenvalue weighted by atomic mass is 10.0. The SMILES string of the molecule is CCCNC(C)(C#N)COCC1CCOCC1. The lowest BCUT2D eigenvalue weighted by Gasteiger charge is -2.26. The fourth-order valence-electron chi connectivity index (χ4n) is 1.87. The van der Waals surface area contributed by atoms with Crippen molar-refractivity contribution in [3.63, 3.8) is 0 Å². The average molecular weight is 240 g/mol. The quantitative estimate of drug-likeness (QED) is 0.736. The van der Waals surface area contributed by atoms with Gasteiger partial charge in [-0.1, -0.05) is 6.92 Å². The first kappa shape index (κ1) is 14.4. The first-order valence-corrected chi connectivity index (χ1v) is 6.52. The molecule has 0 radical (unpaired) electrons. The third-order valence-corrected chi connectivity index (χ3v) is 3.10. The maximum Gasteiger partial charge on any atom is 0.127 e. The van der Waals surface area contributed by atoms with Crippen molar-refractivity contribution in [2.45, 2.75) is 38.6 Å². The van der Waals surface area contributed by atoms with Gasteiger partial charge in [-0.25, -0.2) is 0 Å². The summed E-state index contributed by atoms with van der Waals surface area (Å²) in [6, 6.07) is 2.29. The van der Waals surface area contributed by atoms with E-state index in [0.717, 1.165) is 45.6 Å². The molecule has 17 heavy (non-hydrogen) atoms. The zero-order valence-electron chi connectivity index (χ0n) is 11.0. The minimum absolute atomic E-state index is 0.459. The second-order valence-electron chi connectivity index (χ2n) is 4.94. The molecular formula is C13H24N2O2. The summed E-state index contributed by atoms with van der Waals surface area (Å²) in [6.07, 6.45) is 3.18. The Kier molecular flexibility index (Phi) is 6.49. The van der Waals surface area contributed by atoms with E-state index in [-0.39, 0.29) is 0 Å². The molecule has 0 aromatic rings. The molecule has 0 saturated carbocycles. The van der Waals surface area contributed by atoms with Crippen molar-refractivity contribution < 1.29 is 9.47 Å². The van der Waals surface area contributed by atoms with Crippen LogP contribution in [-0.2, 0) is 9.47 Å². The van der Waals surface area contributed by atoms with Crippen LogP contribution in [0.3, 0.4) is 0 Å². The average Bonchev–Trinajstić information content (AvgIpc) is 2.38. The number of rotatable bonds is 7. The third-order valence-electron chi connectivity index (χ3n) is 3.10. The molecule has 1 fully saturated rings. The van der Waals surface area contributed by atoms with E-state index >= 15 is 0 Å². The topological polar surface area (TPSA) is 54.3 Å². The summed E-state index contributed by atoms with van der Waals surface area (Å²) >= 11 is 0. The van der Waals surface area contributed by atoms with Gasteiger partial charge in [0.2, 0.25) is 0 Å². The molecule has 1 atom stereocenters. The van der Waals surface area contributed by atoms with E-state index in [4.69, 9.17) is 14.7 Å². The van der Waals surface area contributed by atoms with Crippen molar-refractivity contribution in [2.75, 3.05) is 33.0 Å². The van der Waals surface area contributed by atoms with Gasteiger partial charge in [0.15, 0.2) is 0 Å². The van der Waals surface area contributed by atoms with Crippen LogP contribution in [0.15, 0.2) is 0 Å². The van der Waals surface area contributed by atoms with Gasteiger partial charge in [-0.3, -0.25) is 5.32 Å². The Labute approximate surface area is 104 Å². The van der Waals surface area contributed by atoms with Crippen molar-refractivity contribution in [3.8, 4) is 6.07 Å². The van der Waals surface area contributed by atoms with Crippen LogP contribution in [-0.4, -0.2) is 38.5 Å². The lowest BCUT2D eigenvalue weighted by molar-refractivity contribution is 0.0107. The summed E-state index contributed by atoms with van der Waals surface area (Å²) in [5, 5.41) is 12.4. The molecule has 4 heteroatoms. The van der Waals surface area contributed by atoms with E-state index < -0.39 is 5.54 Å². The molecule has 1 N–H and O–H groups in total. The molecule has 98 valence electrons. The highest BCUT2D eigenvalue weighted by Crippen LogP contribution is 2.15. The summed E-state index contributed by atoms with van der Waals surface area (Å²) in [6.45, 7) is 7.73. The monoisotopic (exact) mass is 240 g/mol. The second kappa shape index (κ2) is 7.65. The number of nitrogens with zero attached hydrogens (tertiary/aromatic N) is 1. The second-order valence-corrected chi connectivity index (χ2v) is 4.94. The zero-order valence-corrected chi connectivity index (χ0v) is 11.0. The Hall–Kier alpha value is -0.630. The summed E-state index contributed by atoms with van der Waals surface area (Å²) in [5.41, 5.74) is -0.554. The van der Waals surface area contributed by atoms with Crippen molar-refractivity contribution in [3.05, 3.63) is 0 Å². The molecule has 1 rings (SSSR count). The molecule has 0 bridgehead atoms. The standard InChI is InChI=1S/C13H24N2O2/c1-3-6-15-13(2,10-14)11-17-9-12-4-7-16-8-5-12/h12,15H,3-9,11H2,1-2H3. The van der Waals surface area contributed by atoms with Crippen LogP contribution >= 0.6 is 0 Å². The molecule has 1 aliphatic rings. The first-order chi connectivity index (χ1) is 8.20. The highest BCUT2D eigenvalue weighted by Gasteiger charge is 2.24. The highest BCUT2D eigenvalue weighted by atomic mass is 16.5. The van der Waals surface area contributed by atoms with Gasteiger partial charge in [0, 0.05) is 19.8 Å². The van der Waals surface area contributed by atoms with Gasteiger partial charge in [-0.2, -0.15) is 5.26 Å². The van der Waals surface area contributed by atoms with Gasteiger partial charge in [0.1, 0.15) is 5.54 Å². The first-order valence-electron chi connectivity index (χ1n) is 6.52. The molecule has 4 nitrogen and oxygen atoms in total. The summed E-state index contributed by atoms with van der Waals surface area (Å²) in [5.74, 6) is 0.595. The van der Waals surface area contributed by atoms with E-state index in [2.05, 4.69) is 18.3 Å². The molecule has 0 amide bonds. The van der Waals surface area contributed by atoms with Crippen LogP contribution in [0.5, 0.6) is 0 Å². The maximum absolute atomic E-state index is 9.14. The Morgan fingerprint density at radius 3 is 2.76 bits per heavy atom. The smallest absolute Gasteiger partial charge is 0.127 e. The van der Waals surface area contributed by atoms with E-state index in [1.165, 1.54) is 0 Å². The van der Waals surface area contributed by atoms with E-state index in [1.807, 2.05) is 6.92 Å². The molecule has 0 aromatic heterocycles. The van der Waals surface area contributed by atoms with E-state index in [1.54, 1.807) is 0 Å². The van der Waals surface area contributed by atoms with Gasteiger partial charge in [-0.15, -0.1) is 0 Å². The number of nitriles is 1. The highest BCUT2D eigenvalue weighted by molar-refractivity contribution is 5.03. The number of hydrogen-bond acceptors (Lipinski definition) is 4. The van der Waals surface area contributed by atoms with Crippen molar-refractivity contribution in [1.82, 2.24) is 5.32 Å². The summed E-state index contributed by atoms with van der Waals surface area (Å²) < 4.78 is 11.0. The van der Waals surface area contributed by atoms with Gasteiger partial charge >= 0.3 is 0 Å². The predicted octanol–water partition coefficient (Wildman–Crippen LogP) is 1.71. The molecule has 1 aliphatic heterocycles. The third kappa shape index (κ3) is 5.49. The molecule has 1 unspecified atom stereocenters. The molecule has 0 aromatic carbocycles. The Balaban J connectivity index is 2.20. The fraction of sp³-hybridized carbons (Fsp3) is 0.923. The largest absolute Gasteiger partial charge is 0.381 e. The van der Waals surface area contributed by atoms with Gasteiger partial charge in [-0.05, 0) is 38.6 Å². The van der Waals surface area contributed by atoms with Crippen molar-refractivity contribution in [2.24, 2.45) is 5.92 Å². The number of hydrogen-bond donors (Lipinski definition) is 1. The van der Waals surface area contributed by atoms with Crippen LogP contribution < -0.4 is 5.32 Å². The maximum atomic E-state index is 9.14. The minimum atomic E-state index is -0.554. The summed E-state index contributed by atoms with van der Waals surface area (Å²) in [4.78, 5) is 0. The molecule has 1 heterocycles. The van der Waals surface area contributed by atoms with Gasteiger partial charge in [0.05, 0.1) is 12.7 Å². The van der Waals surface area contributed by atoms with Gasteiger partial charge < -0.3 is 9.47 Å². The van der Waals surface area contributed by atoms with Crippen LogP contribution in [0.2, 0.25) is 0 Å². The van der Waals surface area contributed by atoms with Crippen molar-refractivity contribution >= 4 is 0 Å². The Bertz CT molecular complexity index is 246. The summed E-state index contributed by atoms with van der Waals surface area (Å²) in [7, 11) is 0. The molecule has 0 spiro atoms. The molecular weight excluding hydrogens is 216 g/mol. The minimum Gasteiger partial charge on any atom is -0.381 e. The number of ether oxygens (including phenoxy) is 2. The van der Waals surface area contributed by atoms with Crippen LogP contribution in [0.4, 0.5) is 0 Å². The lowest BCUT2D eigenvalue weighted by Crippen LogP contribution is -2.45. The van der Waals surface area contributed by atoms with Crippen LogP contribution in [0, 0.1) is 17.2 Å². The van der Waals surface area contributed by atoms with Crippen LogP contribution in [0.25, 0.3) is 0 Å². The Morgan fingerprint density at radius 1 is 1.47 bits per heavy atom.